The van der Waals surface area contributed by atoms with E-state index >= 15 is 0 Å². The molecule has 1 aromatic heterocycles. The molecule has 140 valence electrons. The van der Waals surface area contributed by atoms with Gasteiger partial charge in [-0.1, -0.05) is 5.16 Å². The van der Waals surface area contributed by atoms with Crippen LogP contribution < -0.4 is 20.1 Å². The fraction of sp³-hybridized carbons (Fsp3) is 0.353. The summed E-state index contributed by atoms with van der Waals surface area (Å²) in [6.45, 7) is 2.04. The third-order valence-corrected chi connectivity index (χ3v) is 4.26. The standard InChI is InChI=1S/C17H21N3O5S/c1-11-6-15(20-25-11)19-17(22)10-26-9-16(21)18-8-12-7-13(23-2)4-5-14(12)24-3/h4-7H,8-10H2,1-3H3,(H,18,21)(H,19,20,22). The Morgan fingerprint density at radius 1 is 1.15 bits per heavy atom. The van der Waals surface area contributed by atoms with Crippen molar-refractivity contribution in [2.45, 2.75) is 13.5 Å². The Labute approximate surface area is 155 Å². The molecule has 26 heavy (non-hydrogen) atoms. The first-order valence-corrected chi connectivity index (χ1v) is 8.95. The lowest BCUT2D eigenvalue weighted by atomic mass is 10.2. The van der Waals surface area contributed by atoms with E-state index in [0.717, 1.165) is 5.56 Å². The number of aromatic nitrogens is 1. The number of nitrogens with zero attached hydrogens (tertiary/aromatic N) is 1. The molecule has 0 unspecified atom stereocenters. The summed E-state index contributed by atoms with van der Waals surface area (Å²) in [6, 6.07) is 7.00. The van der Waals surface area contributed by atoms with E-state index in [0.29, 0.717) is 29.6 Å². The zero-order valence-corrected chi connectivity index (χ0v) is 15.6. The number of aryl methyl sites for hydroxylation is 1. The van der Waals surface area contributed by atoms with Crippen LogP contribution in [-0.2, 0) is 16.1 Å². The van der Waals surface area contributed by atoms with Gasteiger partial charge in [0.05, 0.1) is 25.7 Å². The topological polar surface area (TPSA) is 103 Å². The molecule has 0 radical (unpaired) electrons. The minimum atomic E-state index is -0.245. The monoisotopic (exact) mass is 379 g/mol. The number of methoxy groups -OCH3 is 2. The van der Waals surface area contributed by atoms with Crippen LogP contribution >= 0.6 is 11.8 Å². The van der Waals surface area contributed by atoms with Crippen LogP contribution in [0, 0.1) is 6.92 Å². The summed E-state index contributed by atoms with van der Waals surface area (Å²) < 4.78 is 15.3. The second-order valence-electron chi connectivity index (χ2n) is 5.32. The van der Waals surface area contributed by atoms with Gasteiger partial charge in [0.2, 0.25) is 11.8 Å². The molecule has 9 heteroatoms. The van der Waals surface area contributed by atoms with Crippen molar-refractivity contribution in [1.82, 2.24) is 10.5 Å². The third kappa shape index (κ3) is 5.99. The molecule has 0 aliphatic heterocycles. The van der Waals surface area contributed by atoms with Gasteiger partial charge in [-0.25, -0.2) is 0 Å². The molecule has 0 atom stereocenters. The zero-order chi connectivity index (χ0) is 18.9. The van der Waals surface area contributed by atoms with Gasteiger partial charge in [-0.3, -0.25) is 9.59 Å². The van der Waals surface area contributed by atoms with Crippen molar-refractivity contribution in [2.75, 3.05) is 31.0 Å². The molecule has 2 rings (SSSR count). The molecule has 0 spiro atoms. The number of anilines is 1. The summed E-state index contributed by atoms with van der Waals surface area (Å²) in [4.78, 5) is 23.7. The second-order valence-corrected chi connectivity index (χ2v) is 6.30. The van der Waals surface area contributed by atoms with Crippen LogP contribution in [0.15, 0.2) is 28.8 Å². The first kappa shape index (κ1) is 19.6. The second kappa shape index (κ2) is 9.71. The smallest absolute Gasteiger partial charge is 0.235 e. The largest absolute Gasteiger partial charge is 0.497 e. The first-order chi connectivity index (χ1) is 12.5. The average Bonchev–Trinajstić information content (AvgIpc) is 3.04. The molecule has 0 saturated carbocycles. The van der Waals surface area contributed by atoms with E-state index in [9.17, 15) is 9.59 Å². The molecule has 0 fully saturated rings. The van der Waals surface area contributed by atoms with E-state index in [-0.39, 0.29) is 23.3 Å². The molecule has 2 aromatic rings. The summed E-state index contributed by atoms with van der Waals surface area (Å²) in [6.07, 6.45) is 0. The van der Waals surface area contributed by atoms with Crippen LogP contribution in [0.5, 0.6) is 11.5 Å². The van der Waals surface area contributed by atoms with Crippen LogP contribution in [-0.4, -0.2) is 42.7 Å². The molecule has 2 amide bonds. The lowest BCUT2D eigenvalue weighted by Crippen LogP contribution is -2.26. The molecule has 0 aliphatic rings. The molecular weight excluding hydrogens is 358 g/mol. The van der Waals surface area contributed by atoms with Gasteiger partial charge in [0.1, 0.15) is 17.3 Å². The SMILES string of the molecule is COc1ccc(OC)c(CNC(=O)CSCC(=O)Nc2cc(C)on2)c1. The Hall–Kier alpha value is -2.68. The van der Waals surface area contributed by atoms with Gasteiger partial charge in [0.15, 0.2) is 5.82 Å². The van der Waals surface area contributed by atoms with Crippen molar-refractivity contribution < 1.29 is 23.6 Å². The highest BCUT2D eigenvalue weighted by Crippen LogP contribution is 2.23. The molecule has 1 heterocycles. The summed E-state index contributed by atoms with van der Waals surface area (Å²) in [7, 11) is 3.14. The Morgan fingerprint density at radius 3 is 2.58 bits per heavy atom. The van der Waals surface area contributed by atoms with Crippen LogP contribution in [0.2, 0.25) is 0 Å². The van der Waals surface area contributed by atoms with E-state index < -0.39 is 0 Å². The third-order valence-electron chi connectivity index (χ3n) is 3.33. The number of carbonyl (C=O) groups excluding carboxylic acids is 2. The molecule has 1 aromatic carbocycles. The van der Waals surface area contributed by atoms with Gasteiger partial charge in [0.25, 0.3) is 0 Å². The summed E-state index contributed by atoms with van der Waals surface area (Å²) in [5.74, 6) is 2.21. The van der Waals surface area contributed by atoms with Gasteiger partial charge in [-0.05, 0) is 25.1 Å². The van der Waals surface area contributed by atoms with E-state index in [2.05, 4.69) is 15.8 Å². The van der Waals surface area contributed by atoms with Gasteiger partial charge in [0, 0.05) is 18.2 Å². The Kier molecular flexibility index (Phi) is 7.34. The van der Waals surface area contributed by atoms with Crippen molar-refractivity contribution in [3.05, 3.63) is 35.6 Å². The minimum absolute atomic E-state index is 0.141. The number of benzene rings is 1. The zero-order valence-electron chi connectivity index (χ0n) is 14.8. The highest BCUT2D eigenvalue weighted by atomic mass is 32.2. The molecule has 0 aliphatic carbocycles. The van der Waals surface area contributed by atoms with Crippen molar-refractivity contribution in [3.8, 4) is 11.5 Å². The molecule has 8 nitrogen and oxygen atoms in total. The van der Waals surface area contributed by atoms with Crippen LogP contribution in [0.1, 0.15) is 11.3 Å². The van der Waals surface area contributed by atoms with Crippen molar-refractivity contribution in [2.24, 2.45) is 0 Å². The molecular formula is C17H21N3O5S. The predicted octanol–water partition coefficient (Wildman–Crippen LogP) is 1.99. The van der Waals surface area contributed by atoms with Crippen LogP contribution in [0.3, 0.4) is 0 Å². The first-order valence-electron chi connectivity index (χ1n) is 7.80. The van der Waals surface area contributed by atoms with Gasteiger partial charge >= 0.3 is 0 Å². The number of rotatable bonds is 9. The summed E-state index contributed by atoms with van der Waals surface area (Å²) >= 11 is 1.21. The number of hydrogen-bond acceptors (Lipinski definition) is 7. The fourth-order valence-corrected chi connectivity index (χ4v) is 2.75. The summed E-state index contributed by atoms with van der Waals surface area (Å²) in [5, 5.41) is 9.07. The quantitative estimate of drug-likeness (QED) is 0.687. The number of thioether (sulfide) groups is 1. The number of hydrogen-bond donors (Lipinski definition) is 2. The van der Waals surface area contributed by atoms with E-state index in [1.54, 1.807) is 45.4 Å². The maximum atomic E-state index is 12.0. The van der Waals surface area contributed by atoms with Crippen molar-refractivity contribution >= 4 is 29.4 Å². The van der Waals surface area contributed by atoms with Gasteiger partial charge < -0.3 is 24.6 Å². The maximum Gasteiger partial charge on any atom is 0.235 e. The van der Waals surface area contributed by atoms with Crippen molar-refractivity contribution in [3.63, 3.8) is 0 Å². The summed E-state index contributed by atoms with van der Waals surface area (Å²) in [5.41, 5.74) is 0.810. The fourth-order valence-electron chi connectivity index (χ4n) is 2.11. The highest BCUT2D eigenvalue weighted by molar-refractivity contribution is 8.00. The Bertz CT molecular complexity index is 763. The predicted molar refractivity (Wildman–Crippen MR) is 98.6 cm³/mol. The normalized spacial score (nSPS) is 10.3. The van der Waals surface area contributed by atoms with E-state index in [4.69, 9.17) is 14.0 Å². The van der Waals surface area contributed by atoms with Gasteiger partial charge in [-0.15, -0.1) is 11.8 Å². The van der Waals surface area contributed by atoms with Gasteiger partial charge in [-0.2, -0.15) is 0 Å². The molecule has 0 saturated heterocycles. The number of carbonyl (C=O) groups is 2. The lowest BCUT2D eigenvalue weighted by molar-refractivity contribution is -0.118. The van der Waals surface area contributed by atoms with E-state index in [1.165, 1.54) is 11.8 Å². The average molecular weight is 379 g/mol. The van der Waals surface area contributed by atoms with Crippen LogP contribution in [0.25, 0.3) is 0 Å². The Morgan fingerprint density at radius 2 is 1.92 bits per heavy atom. The van der Waals surface area contributed by atoms with Crippen LogP contribution in [0.4, 0.5) is 5.82 Å². The van der Waals surface area contributed by atoms with Crippen molar-refractivity contribution in [1.29, 1.82) is 0 Å². The number of ether oxygens (including phenoxy) is 2. The maximum absolute atomic E-state index is 12.0. The number of amides is 2. The van der Waals surface area contributed by atoms with E-state index in [1.807, 2.05) is 0 Å². The number of nitrogens with one attached hydrogen (secondary N) is 2. The Balaban J connectivity index is 1.73. The molecule has 0 bridgehead atoms. The minimum Gasteiger partial charge on any atom is -0.497 e. The lowest BCUT2D eigenvalue weighted by Gasteiger charge is -2.11. The highest BCUT2D eigenvalue weighted by Gasteiger charge is 2.10. The molecule has 2 N–H and O–H groups in total.